The molecule has 0 radical (unpaired) electrons. The molecule has 0 saturated heterocycles. The molecule has 0 aliphatic rings. The second-order valence-electron chi connectivity index (χ2n) is 4.14. The van der Waals surface area contributed by atoms with E-state index in [1.165, 1.54) is 24.3 Å². The lowest BCUT2D eigenvalue weighted by molar-refractivity contribution is 0.0991. The number of hydrogen-bond donors (Lipinski definition) is 3. The Kier molecular flexibility index (Phi) is 6.64. The first-order valence-electron chi connectivity index (χ1n) is 6.07. The topological polar surface area (TPSA) is 61.7 Å². The van der Waals surface area contributed by atoms with Crippen LogP contribution in [0.1, 0.15) is 13.3 Å². The van der Waals surface area contributed by atoms with Gasteiger partial charge in [-0.15, -0.1) is 0 Å². The SMILES string of the molecule is CCC(O)CNCC(O)COc1ccc(F)cc1. The Morgan fingerprint density at radius 1 is 1.17 bits per heavy atom. The number of rotatable bonds is 8. The number of benzene rings is 1. The molecule has 0 aliphatic carbocycles. The van der Waals surface area contributed by atoms with E-state index < -0.39 is 12.2 Å². The van der Waals surface area contributed by atoms with Crippen LogP contribution in [0.2, 0.25) is 0 Å². The minimum absolute atomic E-state index is 0.126. The van der Waals surface area contributed by atoms with E-state index in [2.05, 4.69) is 5.32 Å². The molecule has 1 aromatic carbocycles. The van der Waals surface area contributed by atoms with Gasteiger partial charge in [0.05, 0.1) is 6.10 Å². The average Bonchev–Trinajstić information content (AvgIpc) is 2.38. The van der Waals surface area contributed by atoms with Crippen molar-refractivity contribution in [3.63, 3.8) is 0 Å². The summed E-state index contributed by atoms with van der Waals surface area (Å²) in [5.41, 5.74) is 0. The van der Waals surface area contributed by atoms with Crippen molar-refractivity contribution >= 4 is 0 Å². The second-order valence-corrected chi connectivity index (χ2v) is 4.14. The zero-order chi connectivity index (χ0) is 13.4. The van der Waals surface area contributed by atoms with Crippen LogP contribution < -0.4 is 10.1 Å². The van der Waals surface area contributed by atoms with E-state index in [4.69, 9.17) is 4.74 Å². The number of nitrogens with one attached hydrogen (secondary N) is 1. The fourth-order valence-corrected chi connectivity index (χ4v) is 1.34. The van der Waals surface area contributed by atoms with Crippen LogP contribution in [0, 0.1) is 5.82 Å². The molecule has 0 fully saturated rings. The van der Waals surface area contributed by atoms with Gasteiger partial charge in [-0.05, 0) is 30.7 Å². The molecule has 0 aliphatic heterocycles. The van der Waals surface area contributed by atoms with Crippen molar-refractivity contribution in [3.8, 4) is 5.75 Å². The molecule has 2 unspecified atom stereocenters. The maximum absolute atomic E-state index is 12.6. The number of aliphatic hydroxyl groups is 2. The third-order valence-corrected chi connectivity index (χ3v) is 2.49. The van der Waals surface area contributed by atoms with Crippen LogP contribution in [-0.4, -0.2) is 42.1 Å². The molecule has 0 amide bonds. The Balaban J connectivity index is 2.16. The molecule has 0 aromatic heterocycles. The minimum Gasteiger partial charge on any atom is -0.491 e. The van der Waals surface area contributed by atoms with Crippen LogP contribution >= 0.6 is 0 Å². The van der Waals surface area contributed by atoms with Crippen molar-refractivity contribution in [2.75, 3.05) is 19.7 Å². The summed E-state index contributed by atoms with van der Waals surface area (Å²) in [6.07, 6.45) is -0.385. The Bertz CT molecular complexity index is 332. The third-order valence-electron chi connectivity index (χ3n) is 2.49. The first-order chi connectivity index (χ1) is 8.61. The molecule has 0 saturated carbocycles. The van der Waals surface area contributed by atoms with Gasteiger partial charge in [0, 0.05) is 13.1 Å². The fraction of sp³-hybridized carbons (Fsp3) is 0.538. The van der Waals surface area contributed by atoms with Crippen LogP contribution in [-0.2, 0) is 0 Å². The lowest BCUT2D eigenvalue weighted by atomic mass is 10.2. The zero-order valence-electron chi connectivity index (χ0n) is 10.5. The smallest absolute Gasteiger partial charge is 0.123 e. The highest BCUT2D eigenvalue weighted by atomic mass is 19.1. The van der Waals surface area contributed by atoms with Gasteiger partial charge in [0.25, 0.3) is 0 Å². The second kappa shape index (κ2) is 8.02. The van der Waals surface area contributed by atoms with Crippen molar-refractivity contribution in [2.45, 2.75) is 25.6 Å². The molecule has 18 heavy (non-hydrogen) atoms. The summed E-state index contributed by atoms with van der Waals surface area (Å²) in [6, 6.07) is 5.63. The highest BCUT2D eigenvalue weighted by molar-refractivity contribution is 5.22. The molecular formula is C13H20FNO3. The molecular weight excluding hydrogens is 237 g/mol. The van der Waals surface area contributed by atoms with Gasteiger partial charge < -0.3 is 20.3 Å². The van der Waals surface area contributed by atoms with Gasteiger partial charge in [0.2, 0.25) is 0 Å². The van der Waals surface area contributed by atoms with Crippen LogP contribution in [0.4, 0.5) is 4.39 Å². The van der Waals surface area contributed by atoms with E-state index in [1.807, 2.05) is 6.92 Å². The Morgan fingerprint density at radius 2 is 1.78 bits per heavy atom. The lowest BCUT2D eigenvalue weighted by Crippen LogP contribution is -2.35. The first-order valence-corrected chi connectivity index (χ1v) is 6.07. The predicted octanol–water partition coefficient (Wildman–Crippen LogP) is 0.926. The summed E-state index contributed by atoms with van der Waals surface area (Å²) < 4.78 is 17.9. The van der Waals surface area contributed by atoms with E-state index in [0.29, 0.717) is 25.3 Å². The van der Waals surface area contributed by atoms with E-state index in [1.54, 1.807) is 0 Å². The largest absolute Gasteiger partial charge is 0.491 e. The van der Waals surface area contributed by atoms with Crippen molar-refractivity contribution in [1.82, 2.24) is 5.32 Å². The van der Waals surface area contributed by atoms with Crippen molar-refractivity contribution in [3.05, 3.63) is 30.1 Å². The molecule has 2 atom stereocenters. The molecule has 0 heterocycles. The average molecular weight is 257 g/mol. The summed E-state index contributed by atoms with van der Waals surface area (Å²) in [5, 5.41) is 21.8. The van der Waals surface area contributed by atoms with E-state index in [-0.39, 0.29) is 12.4 Å². The van der Waals surface area contributed by atoms with Gasteiger partial charge >= 0.3 is 0 Å². The molecule has 4 nitrogen and oxygen atoms in total. The van der Waals surface area contributed by atoms with Gasteiger partial charge in [-0.2, -0.15) is 0 Å². The maximum atomic E-state index is 12.6. The summed E-state index contributed by atoms with van der Waals surface area (Å²) >= 11 is 0. The zero-order valence-corrected chi connectivity index (χ0v) is 10.5. The van der Waals surface area contributed by atoms with E-state index >= 15 is 0 Å². The van der Waals surface area contributed by atoms with Gasteiger partial charge in [0.1, 0.15) is 24.3 Å². The van der Waals surface area contributed by atoms with Crippen LogP contribution in [0.3, 0.4) is 0 Å². The van der Waals surface area contributed by atoms with Gasteiger partial charge in [0.15, 0.2) is 0 Å². The lowest BCUT2D eigenvalue weighted by Gasteiger charge is -2.14. The van der Waals surface area contributed by atoms with E-state index in [0.717, 1.165) is 0 Å². The number of ether oxygens (including phenoxy) is 1. The highest BCUT2D eigenvalue weighted by Crippen LogP contribution is 2.11. The standard InChI is InChI=1S/C13H20FNO3/c1-2-11(16)7-15-8-12(17)9-18-13-5-3-10(14)4-6-13/h3-6,11-12,15-17H,2,7-9H2,1H3. The minimum atomic E-state index is -0.667. The fourth-order valence-electron chi connectivity index (χ4n) is 1.34. The summed E-state index contributed by atoms with van der Waals surface area (Å²) in [5.74, 6) is 0.196. The number of aliphatic hydroxyl groups excluding tert-OH is 2. The third kappa shape index (κ3) is 5.95. The Labute approximate surface area is 106 Å². The molecule has 3 N–H and O–H groups in total. The van der Waals surface area contributed by atoms with Gasteiger partial charge in [-0.1, -0.05) is 6.92 Å². The molecule has 1 aromatic rings. The van der Waals surface area contributed by atoms with Crippen molar-refractivity contribution in [2.24, 2.45) is 0 Å². The molecule has 1 rings (SSSR count). The van der Waals surface area contributed by atoms with Crippen LogP contribution in [0.25, 0.3) is 0 Å². The first kappa shape index (κ1) is 14.9. The summed E-state index contributed by atoms with van der Waals surface area (Å²) in [4.78, 5) is 0. The molecule has 5 heteroatoms. The maximum Gasteiger partial charge on any atom is 0.123 e. The van der Waals surface area contributed by atoms with Crippen molar-refractivity contribution in [1.29, 1.82) is 0 Å². The Morgan fingerprint density at radius 3 is 2.39 bits per heavy atom. The van der Waals surface area contributed by atoms with Crippen LogP contribution in [0.15, 0.2) is 24.3 Å². The van der Waals surface area contributed by atoms with Gasteiger partial charge in [-0.25, -0.2) is 4.39 Å². The van der Waals surface area contributed by atoms with Crippen molar-refractivity contribution < 1.29 is 19.3 Å². The number of halogens is 1. The normalized spacial score (nSPS) is 14.2. The Hall–Kier alpha value is -1.17. The highest BCUT2D eigenvalue weighted by Gasteiger charge is 2.06. The molecule has 102 valence electrons. The predicted molar refractivity (Wildman–Crippen MR) is 67.1 cm³/mol. The summed E-state index contributed by atoms with van der Waals surface area (Å²) in [6.45, 7) is 2.81. The number of hydrogen-bond acceptors (Lipinski definition) is 4. The molecule has 0 spiro atoms. The summed E-state index contributed by atoms with van der Waals surface area (Å²) in [7, 11) is 0. The monoisotopic (exact) mass is 257 g/mol. The van der Waals surface area contributed by atoms with Gasteiger partial charge in [-0.3, -0.25) is 0 Å². The quantitative estimate of drug-likeness (QED) is 0.648. The van der Waals surface area contributed by atoms with E-state index in [9.17, 15) is 14.6 Å². The van der Waals surface area contributed by atoms with Crippen LogP contribution in [0.5, 0.6) is 5.75 Å². The molecule has 0 bridgehead atoms.